The van der Waals surface area contributed by atoms with Crippen LogP contribution in [0.5, 0.6) is 5.75 Å². The summed E-state index contributed by atoms with van der Waals surface area (Å²) in [5.41, 5.74) is 3.19. The topological polar surface area (TPSA) is 62.2 Å². The number of nitrogens with zero attached hydrogens (tertiary/aromatic N) is 1. The zero-order valence-corrected chi connectivity index (χ0v) is 13.2. The Hall–Kier alpha value is -2.88. The van der Waals surface area contributed by atoms with Gasteiger partial charge in [0, 0.05) is 11.6 Å². The summed E-state index contributed by atoms with van der Waals surface area (Å²) in [6.45, 7) is 0. The largest absolute Gasteiger partial charge is 0.505 e. The predicted molar refractivity (Wildman–Crippen MR) is 99.7 cm³/mol. The van der Waals surface area contributed by atoms with E-state index in [2.05, 4.69) is 22.4 Å². The Bertz CT molecular complexity index is 921. The summed E-state index contributed by atoms with van der Waals surface area (Å²) < 4.78 is 0. The van der Waals surface area contributed by atoms with E-state index >= 15 is 0 Å². The number of carbonyl (C=O) groups is 1. The van der Waals surface area contributed by atoms with Crippen LogP contribution in [-0.4, -0.2) is 16.0 Å². The Morgan fingerprint density at radius 1 is 1.12 bits per heavy atom. The number of phenolic OH excluding ortho intramolecular Hbond substituents is 1. The molecular weight excluding hydrogens is 312 g/mol. The first kappa shape index (κ1) is 17.0. The third-order valence-corrected chi connectivity index (χ3v) is 4.67. The number of nitrogens with one attached hydrogen (secondary N) is 1. The zero-order valence-electron chi connectivity index (χ0n) is 13.2. The molecule has 2 aromatic carbocycles. The van der Waals surface area contributed by atoms with Crippen molar-refractivity contribution >= 4 is 16.8 Å². The maximum absolute atomic E-state index is 12.7. The smallest absolute Gasteiger partial charge is 0.255 e. The minimum atomic E-state index is -0.262. The maximum atomic E-state index is 12.7. The molecule has 4 nitrogen and oxygen atoms in total. The van der Waals surface area contributed by atoms with E-state index in [-0.39, 0.29) is 30.7 Å². The van der Waals surface area contributed by atoms with Crippen LogP contribution in [0.2, 0.25) is 0 Å². The van der Waals surface area contributed by atoms with Crippen LogP contribution < -0.4 is 5.32 Å². The number of benzene rings is 2. The summed E-state index contributed by atoms with van der Waals surface area (Å²) in [4.78, 5) is 16.9. The van der Waals surface area contributed by atoms with E-state index in [9.17, 15) is 9.90 Å². The highest BCUT2D eigenvalue weighted by Gasteiger charge is 2.23. The standard InChI is InChI=1S/C20H18N2O2.CH4/c23-19-16(11-10-14-7-4-12-21-18(14)19)20(24)22-17-9-3-6-13-5-1-2-8-15(13)17;/h1-2,4-5,7-8,10-12,17,23H,3,6,9H2,(H,22,24);1H4. The van der Waals surface area contributed by atoms with Crippen molar-refractivity contribution in [3.8, 4) is 5.75 Å². The summed E-state index contributed by atoms with van der Waals surface area (Å²) in [6, 6.07) is 15.3. The Morgan fingerprint density at radius 3 is 2.84 bits per heavy atom. The van der Waals surface area contributed by atoms with Crippen molar-refractivity contribution < 1.29 is 9.90 Å². The highest BCUT2D eigenvalue weighted by Crippen LogP contribution is 2.31. The average Bonchev–Trinajstić information content (AvgIpc) is 2.62. The number of amides is 1. The summed E-state index contributed by atoms with van der Waals surface area (Å²) in [7, 11) is 0. The van der Waals surface area contributed by atoms with Crippen LogP contribution in [0.25, 0.3) is 10.9 Å². The number of carbonyl (C=O) groups excluding carboxylic acids is 1. The van der Waals surface area contributed by atoms with Gasteiger partial charge >= 0.3 is 0 Å². The summed E-state index contributed by atoms with van der Waals surface area (Å²) >= 11 is 0. The highest BCUT2D eigenvalue weighted by atomic mass is 16.3. The fourth-order valence-electron chi connectivity index (χ4n) is 3.45. The van der Waals surface area contributed by atoms with Crippen LogP contribution in [0.1, 0.15) is 47.8 Å². The number of rotatable bonds is 2. The van der Waals surface area contributed by atoms with Crippen molar-refractivity contribution in [3.05, 3.63) is 71.4 Å². The monoisotopic (exact) mass is 334 g/mol. The normalized spacial score (nSPS) is 15.9. The van der Waals surface area contributed by atoms with Crippen molar-refractivity contribution in [2.75, 3.05) is 0 Å². The molecular formula is C21H22N2O2. The van der Waals surface area contributed by atoms with Gasteiger partial charge in [-0.2, -0.15) is 0 Å². The number of aryl methyl sites for hydroxylation is 1. The van der Waals surface area contributed by atoms with E-state index in [1.807, 2.05) is 24.3 Å². The zero-order chi connectivity index (χ0) is 16.5. The number of phenols is 1. The van der Waals surface area contributed by atoms with E-state index in [0.29, 0.717) is 5.52 Å². The van der Waals surface area contributed by atoms with Gasteiger partial charge < -0.3 is 10.4 Å². The van der Waals surface area contributed by atoms with E-state index in [4.69, 9.17) is 0 Å². The fraction of sp³-hybridized carbons (Fsp3) is 0.238. The minimum Gasteiger partial charge on any atom is -0.505 e. The lowest BCUT2D eigenvalue weighted by atomic mass is 9.87. The van der Waals surface area contributed by atoms with E-state index in [1.54, 1.807) is 18.3 Å². The van der Waals surface area contributed by atoms with Crippen LogP contribution in [-0.2, 0) is 6.42 Å². The summed E-state index contributed by atoms with van der Waals surface area (Å²) in [6.07, 6.45) is 4.62. The lowest BCUT2D eigenvalue weighted by Gasteiger charge is -2.26. The van der Waals surface area contributed by atoms with Gasteiger partial charge in [-0.3, -0.25) is 9.78 Å². The Morgan fingerprint density at radius 2 is 1.96 bits per heavy atom. The van der Waals surface area contributed by atoms with Crippen LogP contribution >= 0.6 is 0 Å². The molecule has 4 heteroatoms. The first-order valence-electron chi connectivity index (χ1n) is 8.19. The number of aromatic nitrogens is 1. The number of pyridine rings is 1. The van der Waals surface area contributed by atoms with Crippen molar-refractivity contribution in [3.63, 3.8) is 0 Å². The first-order valence-corrected chi connectivity index (χ1v) is 8.19. The quantitative estimate of drug-likeness (QED) is 0.731. The second-order valence-electron chi connectivity index (χ2n) is 6.15. The molecule has 0 radical (unpaired) electrons. The number of hydrogen-bond donors (Lipinski definition) is 2. The molecule has 2 N–H and O–H groups in total. The molecule has 1 unspecified atom stereocenters. The predicted octanol–water partition coefficient (Wildman–Crippen LogP) is 4.38. The van der Waals surface area contributed by atoms with Gasteiger partial charge in [-0.05, 0) is 42.5 Å². The lowest BCUT2D eigenvalue weighted by molar-refractivity contribution is 0.0930. The highest BCUT2D eigenvalue weighted by molar-refractivity contribution is 6.02. The third-order valence-electron chi connectivity index (χ3n) is 4.67. The fourth-order valence-corrected chi connectivity index (χ4v) is 3.45. The van der Waals surface area contributed by atoms with Gasteiger partial charge in [-0.25, -0.2) is 0 Å². The van der Waals surface area contributed by atoms with E-state index < -0.39 is 0 Å². The molecule has 1 aliphatic carbocycles. The van der Waals surface area contributed by atoms with Gasteiger partial charge in [0.05, 0.1) is 11.6 Å². The van der Waals surface area contributed by atoms with E-state index in [1.165, 1.54) is 11.1 Å². The molecule has 0 fully saturated rings. The van der Waals surface area contributed by atoms with Gasteiger partial charge in [0.25, 0.3) is 5.91 Å². The van der Waals surface area contributed by atoms with Crippen molar-refractivity contribution in [1.82, 2.24) is 10.3 Å². The van der Waals surface area contributed by atoms with E-state index in [0.717, 1.165) is 24.6 Å². The van der Waals surface area contributed by atoms with Crippen LogP contribution in [0.3, 0.4) is 0 Å². The molecule has 3 aromatic rings. The molecule has 1 atom stereocenters. The number of aromatic hydroxyl groups is 1. The van der Waals surface area contributed by atoms with Gasteiger partial charge in [-0.1, -0.05) is 43.8 Å². The second-order valence-corrected chi connectivity index (χ2v) is 6.15. The number of hydrogen-bond acceptors (Lipinski definition) is 3. The molecule has 0 bridgehead atoms. The Balaban J connectivity index is 0.00000182. The Labute approximate surface area is 147 Å². The molecule has 25 heavy (non-hydrogen) atoms. The average molecular weight is 334 g/mol. The van der Waals surface area contributed by atoms with Gasteiger partial charge in [-0.15, -0.1) is 0 Å². The summed E-state index contributed by atoms with van der Waals surface area (Å²) in [5, 5.41) is 14.3. The van der Waals surface area contributed by atoms with Gasteiger partial charge in [0.1, 0.15) is 5.52 Å². The molecule has 1 aliphatic rings. The summed E-state index contributed by atoms with van der Waals surface area (Å²) in [5.74, 6) is -0.323. The molecule has 0 saturated heterocycles. The van der Waals surface area contributed by atoms with Crippen molar-refractivity contribution in [1.29, 1.82) is 0 Å². The SMILES string of the molecule is C.O=C(NC1CCCc2ccccc21)c1ccc2cccnc2c1O. The van der Waals surface area contributed by atoms with Crippen molar-refractivity contribution in [2.24, 2.45) is 0 Å². The third kappa shape index (κ3) is 3.07. The second kappa shape index (κ2) is 6.93. The number of fused-ring (bicyclic) bond motifs is 2. The molecule has 0 saturated carbocycles. The van der Waals surface area contributed by atoms with Gasteiger partial charge in [0.2, 0.25) is 0 Å². The van der Waals surface area contributed by atoms with Crippen LogP contribution in [0.15, 0.2) is 54.7 Å². The molecule has 0 spiro atoms. The Kier molecular flexibility index (Phi) is 4.70. The molecule has 1 amide bonds. The molecule has 128 valence electrons. The lowest BCUT2D eigenvalue weighted by Crippen LogP contribution is -2.31. The van der Waals surface area contributed by atoms with Crippen LogP contribution in [0, 0.1) is 0 Å². The molecule has 4 rings (SSSR count). The molecule has 0 aliphatic heterocycles. The van der Waals surface area contributed by atoms with Crippen LogP contribution in [0.4, 0.5) is 0 Å². The molecule has 1 heterocycles. The van der Waals surface area contributed by atoms with Gasteiger partial charge in [0.15, 0.2) is 5.75 Å². The maximum Gasteiger partial charge on any atom is 0.255 e. The minimum absolute atomic E-state index is 0. The van der Waals surface area contributed by atoms with Crippen molar-refractivity contribution in [2.45, 2.75) is 32.7 Å². The first-order chi connectivity index (χ1) is 11.7. The molecule has 1 aromatic heterocycles.